The van der Waals surface area contributed by atoms with Crippen LogP contribution >= 0.6 is 0 Å². The quantitative estimate of drug-likeness (QED) is 0.863. The summed E-state index contributed by atoms with van der Waals surface area (Å²) in [5.74, 6) is 0.957. The van der Waals surface area contributed by atoms with Crippen molar-refractivity contribution in [2.24, 2.45) is 0 Å². The lowest BCUT2D eigenvalue weighted by Gasteiger charge is -2.17. The Morgan fingerprint density at radius 3 is 2.79 bits per heavy atom. The van der Waals surface area contributed by atoms with E-state index in [9.17, 15) is 0 Å². The van der Waals surface area contributed by atoms with Gasteiger partial charge in [0, 0.05) is 25.5 Å². The molecule has 0 saturated heterocycles. The molecule has 0 amide bonds. The Labute approximate surface area is 114 Å². The van der Waals surface area contributed by atoms with Crippen LogP contribution in [0.1, 0.15) is 18.1 Å². The average molecular weight is 256 g/mol. The van der Waals surface area contributed by atoms with Crippen molar-refractivity contribution < 1.29 is 4.74 Å². The molecule has 100 valence electrons. The highest BCUT2D eigenvalue weighted by molar-refractivity contribution is 5.31. The second kappa shape index (κ2) is 6.90. The first-order valence-electron chi connectivity index (χ1n) is 6.57. The molecule has 3 nitrogen and oxygen atoms in total. The fourth-order valence-electron chi connectivity index (χ4n) is 1.87. The number of aromatic nitrogens is 1. The van der Waals surface area contributed by atoms with Crippen molar-refractivity contribution >= 4 is 0 Å². The standard InChI is InChI=1S/C16H20N2O/c1-13-6-3-4-8-16(13)19-14(2)10-18-12-15-7-5-9-17-11-15/h3-9,11,14,18H,10,12H2,1-2H3. The summed E-state index contributed by atoms with van der Waals surface area (Å²) in [7, 11) is 0. The van der Waals surface area contributed by atoms with Gasteiger partial charge in [0.05, 0.1) is 0 Å². The third kappa shape index (κ3) is 4.38. The third-order valence-corrected chi connectivity index (χ3v) is 2.91. The predicted octanol–water partition coefficient (Wildman–Crippen LogP) is 2.95. The second-order valence-corrected chi connectivity index (χ2v) is 4.69. The van der Waals surface area contributed by atoms with E-state index in [-0.39, 0.29) is 6.10 Å². The van der Waals surface area contributed by atoms with E-state index >= 15 is 0 Å². The van der Waals surface area contributed by atoms with Crippen LogP contribution in [-0.4, -0.2) is 17.6 Å². The Hall–Kier alpha value is -1.87. The predicted molar refractivity (Wildman–Crippen MR) is 77.2 cm³/mol. The number of nitrogens with one attached hydrogen (secondary N) is 1. The largest absolute Gasteiger partial charge is 0.489 e. The second-order valence-electron chi connectivity index (χ2n) is 4.69. The first kappa shape index (κ1) is 13.6. The Kier molecular flexibility index (Phi) is 4.93. The van der Waals surface area contributed by atoms with Gasteiger partial charge in [-0.05, 0) is 37.1 Å². The van der Waals surface area contributed by atoms with Crippen molar-refractivity contribution in [2.75, 3.05) is 6.54 Å². The van der Waals surface area contributed by atoms with Crippen LogP contribution in [0.4, 0.5) is 0 Å². The molecule has 19 heavy (non-hydrogen) atoms. The number of para-hydroxylation sites is 1. The highest BCUT2D eigenvalue weighted by Crippen LogP contribution is 2.17. The molecule has 1 aromatic carbocycles. The summed E-state index contributed by atoms with van der Waals surface area (Å²) < 4.78 is 5.90. The fraction of sp³-hybridized carbons (Fsp3) is 0.312. The van der Waals surface area contributed by atoms with Gasteiger partial charge in [0.1, 0.15) is 11.9 Å². The van der Waals surface area contributed by atoms with Gasteiger partial charge in [-0.1, -0.05) is 24.3 Å². The van der Waals surface area contributed by atoms with Crippen LogP contribution in [0.2, 0.25) is 0 Å². The van der Waals surface area contributed by atoms with Crippen LogP contribution in [0.25, 0.3) is 0 Å². The SMILES string of the molecule is Cc1ccccc1OC(C)CNCc1cccnc1. The van der Waals surface area contributed by atoms with Crippen molar-refractivity contribution in [3.05, 3.63) is 59.9 Å². The molecule has 1 heterocycles. The summed E-state index contributed by atoms with van der Waals surface area (Å²) in [6.45, 7) is 5.76. The highest BCUT2D eigenvalue weighted by Gasteiger charge is 2.05. The van der Waals surface area contributed by atoms with Gasteiger partial charge < -0.3 is 10.1 Å². The molecule has 1 aromatic heterocycles. The normalized spacial score (nSPS) is 12.1. The molecule has 0 spiro atoms. The molecule has 1 unspecified atom stereocenters. The molecule has 0 radical (unpaired) electrons. The van der Waals surface area contributed by atoms with E-state index in [1.807, 2.05) is 30.5 Å². The van der Waals surface area contributed by atoms with Crippen molar-refractivity contribution in [2.45, 2.75) is 26.5 Å². The van der Waals surface area contributed by atoms with E-state index in [1.54, 1.807) is 6.20 Å². The summed E-state index contributed by atoms with van der Waals surface area (Å²) in [5, 5.41) is 3.38. The molecular formula is C16H20N2O. The average Bonchev–Trinajstić information content (AvgIpc) is 2.43. The van der Waals surface area contributed by atoms with Crippen molar-refractivity contribution in [1.82, 2.24) is 10.3 Å². The number of benzene rings is 1. The lowest BCUT2D eigenvalue weighted by atomic mass is 10.2. The number of pyridine rings is 1. The Morgan fingerprint density at radius 2 is 2.05 bits per heavy atom. The van der Waals surface area contributed by atoms with Crippen LogP contribution in [-0.2, 0) is 6.54 Å². The number of hydrogen-bond donors (Lipinski definition) is 1. The topological polar surface area (TPSA) is 34.1 Å². The van der Waals surface area contributed by atoms with E-state index in [4.69, 9.17) is 4.74 Å². The van der Waals surface area contributed by atoms with Gasteiger partial charge in [-0.25, -0.2) is 0 Å². The summed E-state index contributed by atoms with van der Waals surface area (Å²) in [5.41, 5.74) is 2.35. The molecule has 0 saturated carbocycles. The summed E-state index contributed by atoms with van der Waals surface area (Å²) >= 11 is 0. The van der Waals surface area contributed by atoms with Gasteiger partial charge in [-0.2, -0.15) is 0 Å². The highest BCUT2D eigenvalue weighted by atomic mass is 16.5. The monoisotopic (exact) mass is 256 g/mol. The van der Waals surface area contributed by atoms with Crippen LogP contribution < -0.4 is 10.1 Å². The maximum atomic E-state index is 5.90. The van der Waals surface area contributed by atoms with Gasteiger partial charge >= 0.3 is 0 Å². The van der Waals surface area contributed by atoms with Gasteiger partial charge in [-0.3, -0.25) is 4.98 Å². The van der Waals surface area contributed by atoms with Crippen molar-refractivity contribution in [3.8, 4) is 5.75 Å². The molecule has 1 N–H and O–H groups in total. The van der Waals surface area contributed by atoms with Crippen molar-refractivity contribution in [1.29, 1.82) is 0 Å². The molecule has 3 heteroatoms. The summed E-state index contributed by atoms with van der Waals surface area (Å²) in [4.78, 5) is 4.09. The van der Waals surface area contributed by atoms with E-state index in [1.165, 1.54) is 11.1 Å². The lowest BCUT2D eigenvalue weighted by molar-refractivity contribution is 0.215. The van der Waals surface area contributed by atoms with Gasteiger partial charge in [0.2, 0.25) is 0 Å². The molecular weight excluding hydrogens is 236 g/mol. The van der Waals surface area contributed by atoms with Gasteiger partial charge in [0.15, 0.2) is 0 Å². The minimum atomic E-state index is 0.137. The maximum absolute atomic E-state index is 5.90. The van der Waals surface area contributed by atoms with Crippen molar-refractivity contribution in [3.63, 3.8) is 0 Å². The number of aryl methyl sites for hydroxylation is 1. The number of rotatable bonds is 6. The smallest absolute Gasteiger partial charge is 0.122 e. The van der Waals surface area contributed by atoms with E-state index in [0.29, 0.717) is 0 Å². The van der Waals surface area contributed by atoms with Crippen LogP contribution in [0.15, 0.2) is 48.8 Å². The molecule has 0 bridgehead atoms. The first-order chi connectivity index (χ1) is 9.25. The molecule has 1 atom stereocenters. The summed E-state index contributed by atoms with van der Waals surface area (Å²) in [6.07, 6.45) is 3.80. The van der Waals surface area contributed by atoms with E-state index in [0.717, 1.165) is 18.8 Å². The van der Waals surface area contributed by atoms with Crippen LogP contribution in [0.3, 0.4) is 0 Å². The van der Waals surface area contributed by atoms with E-state index in [2.05, 4.69) is 36.3 Å². The van der Waals surface area contributed by atoms with Crippen LogP contribution in [0, 0.1) is 6.92 Å². The van der Waals surface area contributed by atoms with E-state index < -0.39 is 0 Å². The van der Waals surface area contributed by atoms with Gasteiger partial charge in [0.25, 0.3) is 0 Å². The molecule has 0 fully saturated rings. The fourth-order valence-corrected chi connectivity index (χ4v) is 1.87. The Morgan fingerprint density at radius 1 is 1.21 bits per heavy atom. The minimum Gasteiger partial charge on any atom is -0.489 e. The zero-order chi connectivity index (χ0) is 13.5. The lowest BCUT2D eigenvalue weighted by Crippen LogP contribution is -2.28. The summed E-state index contributed by atoms with van der Waals surface area (Å²) in [6, 6.07) is 12.1. The Balaban J connectivity index is 1.76. The maximum Gasteiger partial charge on any atom is 0.122 e. The zero-order valence-corrected chi connectivity index (χ0v) is 11.5. The molecule has 2 aromatic rings. The van der Waals surface area contributed by atoms with Gasteiger partial charge in [-0.15, -0.1) is 0 Å². The molecule has 0 aliphatic heterocycles. The number of ether oxygens (including phenoxy) is 1. The van der Waals surface area contributed by atoms with Crippen LogP contribution in [0.5, 0.6) is 5.75 Å². The molecule has 2 rings (SSSR count). The molecule has 0 aliphatic rings. The zero-order valence-electron chi connectivity index (χ0n) is 11.5. The first-order valence-corrected chi connectivity index (χ1v) is 6.57. The Bertz CT molecular complexity index is 499. The minimum absolute atomic E-state index is 0.137. The third-order valence-electron chi connectivity index (χ3n) is 2.91. The number of nitrogens with zero attached hydrogens (tertiary/aromatic N) is 1. The number of hydrogen-bond acceptors (Lipinski definition) is 3. The molecule has 0 aliphatic carbocycles.